The molecule has 1 heterocycles. The van der Waals surface area contributed by atoms with Crippen molar-refractivity contribution in [3.05, 3.63) is 53.1 Å². The van der Waals surface area contributed by atoms with Crippen LogP contribution in [0.15, 0.2) is 36.7 Å². The number of hydrogen-bond acceptors (Lipinski definition) is 2. The number of nitrogens with one attached hydrogen (secondary N) is 1. The summed E-state index contributed by atoms with van der Waals surface area (Å²) < 4.78 is 1.82. The first-order valence-corrected chi connectivity index (χ1v) is 6.02. The van der Waals surface area contributed by atoms with E-state index >= 15 is 0 Å². The minimum absolute atomic E-state index is 0.0478. The van der Waals surface area contributed by atoms with Gasteiger partial charge in [0.15, 0.2) is 0 Å². The molecular weight excluding hydrogens is 250 g/mol. The third kappa shape index (κ3) is 2.90. The largest absolute Gasteiger partial charge is 0.358 e. The van der Waals surface area contributed by atoms with E-state index < -0.39 is 0 Å². The Hall–Kier alpha value is -1.81. The normalized spacial score (nSPS) is 10.3. The molecule has 0 spiro atoms. The minimum atomic E-state index is -0.0478. The number of benzene rings is 1. The van der Waals surface area contributed by atoms with Gasteiger partial charge < -0.3 is 9.88 Å². The molecule has 4 nitrogen and oxygen atoms in total. The van der Waals surface area contributed by atoms with Gasteiger partial charge in [-0.05, 0) is 11.6 Å². The fraction of sp³-hybridized carbons (Fsp3) is 0.231. The van der Waals surface area contributed by atoms with Gasteiger partial charge in [-0.15, -0.1) is 0 Å². The smallest absolute Gasteiger partial charge is 0.239 e. The molecule has 0 fully saturated rings. The molecule has 1 aromatic carbocycles. The summed E-state index contributed by atoms with van der Waals surface area (Å²) in [4.78, 5) is 15.6. The Bertz CT molecular complexity index is 551. The van der Waals surface area contributed by atoms with E-state index in [0.717, 1.165) is 11.4 Å². The van der Waals surface area contributed by atoms with Crippen molar-refractivity contribution in [2.75, 3.05) is 7.05 Å². The van der Waals surface area contributed by atoms with Crippen LogP contribution in [0, 0.1) is 0 Å². The van der Waals surface area contributed by atoms with Crippen molar-refractivity contribution in [2.24, 2.45) is 0 Å². The monoisotopic (exact) mass is 263 g/mol. The lowest BCUT2D eigenvalue weighted by Gasteiger charge is -2.08. The van der Waals surface area contributed by atoms with E-state index in [1.54, 1.807) is 19.4 Å². The number of halogens is 1. The van der Waals surface area contributed by atoms with Crippen LogP contribution in [-0.4, -0.2) is 22.5 Å². The fourth-order valence-electron chi connectivity index (χ4n) is 1.70. The van der Waals surface area contributed by atoms with Crippen molar-refractivity contribution in [3.63, 3.8) is 0 Å². The van der Waals surface area contributed by atoms with Crippen LogP contribution in [0.25, 0.3) is 0 Å². The van der Waals surface area contributed by atoms with Gasteiger partial charge in [-0.2, -0.15) is 0 Å². The van der Waals surface area contributed by atoms with Gasteiger partial charge in [-0.1, -0.05) is 29.8 Å². The quantitative estimate of drug-likeness (QED) is 0.916. The molecule has 0 aliphatic heterocycles. The Morgan fingerprint density at radius 2 is 2.22 bits per heavy atom. The molecule has 5 heteroatoms. The molecule has 0 radical (unpaired) electrons. The maximum Gasteiger partial charge on any atom is 0.239 e. The highest BCUT2D eigenvalue weighted by atomic mass is 35.5. The maximum atomic E-state index is 11.4. The van der Waals surface area contributed by atoms with Crippen LogP contribution in [0.5, 0.6) is 0 Å². The zero-order valence-electron chi connectivity index (χ0n) is 10.1. The van der Waals surface area contributed by atoms with Gasteiger partial charge in [0.05, 0.1) is 0 Å². The van der Waals surface area contributed by atoms with E-state index in [2.05, 4.69) is 10.3 Å². The molecule has 2 aromatic rings. The van der Waals surface area contributed by atoms with Crippen molar-refractivity contribution in [1.82, 2.24) is 14.9 Å². The van der Waals surface area contributed by atoms with E-state index in [9.17, 15) is 4.79 Å². The molecule has 18 heavy (non-hydrogen) atoms. The first-order chi connectivity index (χ1) is 8.70. The number of rotatable bonds is 4. The third-order valence-electron chi connectivity index (χ3n) is 2.70. The molecule has 0 aliphatic carbocycles. The number of hydrogen-bond donors (Lipinski definition) is 1. The first-order valence-electron chi connectivity index (χ1n) is 5.64. The molecule has 0 saturated carbocycles. The lowest BCUT2D eigenvalue weighted by Crippen LogP contribution is -2.24. The number of nitrogens with zero attached hydrogens (tertiary/aromatic N) is 2. The highest BCUT2D eigenvalue weighted by molar-refractivity contribution is 6.31. The zero-order chi connectivity index (χ0) is 13.0. The van der Waals surface area contributed by atoms with E-state index in [-0.39, 0.29) is 12.5 Å². The standard InChI is InChI=1S/C13H14ClN3O/c1-15-13(18)9-17-7-6-16-12(17)8-10-4-2-3-5-11(10)14/h2-7H,8-9H2,1H3,(H,15,18). The SMILES string of the molecule is CNC(=O)Cn1ccnc1Cc1ccccc1Cl. The van der Waals surface area contributed by atoms with Crippen LogP contribution in [0.4, 0.5) is 0 Å². The summed E-state index contributed by atoms with van der Waals surface area (Å²) in [6, 6.07) is 7.64. The molecule has 2 rings (SSSR count). The molecule has 0 aliphatic rings. The summed E-state index contributed by atoms with van der Waals surface area (Å²) in [6.07, 6.45) is 4.10. The second-order valence-electron chi connectivity index (χ2n) is 3.91. The first kappa shape index (κ1) is 12.6. The second-order valence-corrected chi connectivity index (χ2v) is 4.32. The van der Waals surface area contributed by atoms with Gasteiger partial charge in [0.2, 0.25) is 5.91 Å². The summed E-state index contributed by atoms with van der Waals surface area (Å²) >= 11 is 6.11. The molecule has 1 amide bonds. The summed E-state index contributed by atoms with van der Waals surface area (Å²) in [5.41, 5.74) is 1.00. The summed E-state index contributed by atoms with van der Waals surface area (Å²) in [5, 5.41) is 3.31. The van der Waals surface area contributed by atoms with Crippen molar-refractivity contribution < 1.29 is 4.79 Å². The fourth-order valence-corrected chi connectivity index (χ4v) is 1.90. The van der Waals surface area contributed by atoms with Gasteiger partial charge in [0.1, 0.15) is 12.4 Å². The van der Waals surface area contributed by atoms with Gasteiger partial charge in [-0.3, -0.25) is 4.79 Å². The summed E-state index contributed by atoms with van der Waals surface area (Å²) in [7, 11) is 1.62. The molecule has 0 saturated heterocycles. The zero-order valence-corrected chi connectivity index (χ0v) is 10.8. The number of carbonyl (C=O) groups excluding carboxylic acids is 1. The van der Waals surface area contributed by atoms with Crippen molar-refractivity contribution in [3.8, 4) is 0 Å². The average molecular weight is 264 g/mol. The van der Waals surface area contributed by atoms with Gasteiger partial charge in [-0.25, -0.2) is 4.98 Å². The topological polar surface area (TPSA) is 46.9 Å². The molecular formula is C13H14ClN3O. The van der Waals surface area contributed by atoms with Crippen molar-refractivity contribution in [2.45, 2.75) is 13.0 Å². The molecule has 0 unspecified atom stereocenters. The molecule has 1 aromatic heterocycles. The van der Waals surface area contributed by atoms with Crippen molar-refractivity contribution >= 4 is 17.5 Å². The third-order valence-corrected chi connectivity index (χ3v) is 3.07. The van der Waals surface area contributed by atoms with Gasteiger partial charge in [0, 0.05) is 30.9 Å². The Balaban J connectivity index is 2.18. The van der Waals surface area contributed by atoms with Crippen LogP contribution in [-0.2, 0) is 17.8 Å². The van der Waals surface area contributed by atoms with Crippen LogP contribution in [0.1, 0.15) is 11.4 Å². The predicted octanol–water partition coefficient (Wildman–Crippen LogP) is 1.87. The summed E-state index contributed by atoms with van der Waals surface area (Å²) in [6.45, 7) is 0.274. The Labute approximate surface area is 111 Å². The van der Waals surface area contributed by atoms with Crippen LogP contribution in [0.2, 0.25) is 5.02 Å². The average Bonchev–Trinajstić information content (AvgIpc) is 2.79. The molecule has 1 N–H and O–H groups in total. The number of likely N-dealkylation sites (N-methyl/N-ethyl adjacent to an activating group) is 1. The van der Waals surface area contributed by atoms with Gasteiger partial charge in [0.25, 0.3) is 0 Å². The highest BCUT2D eigenvalue weighted by Gasteiger charge is 2.08. The van der Waals surface area contributed by atoms with Gasteiger partial charge >= 0.3 is 0 Å². The molecule has 0 atom stereocenters. The van der Waals surface area contributed by atoms with E-state index in [4.69, 9.17) is 11.6 Å². The highest BCUT2D eigenvalue weighted by Crippen LogP contribution is 2.18. The number of aromatic nitrogens is 2. The Morgan fingerprint density at radius 3 is 2.94 bits per heavy atom. The van der Waals surface area contributed by atoms with Crippen LogP contribution in [0.3, 0.4) is 0 Å². The number of carbonyl (C=O) groups is 1. The lowest BCUT2D eigenvalue weighted by atomic mass is 10.1. The second kappa shape index (κ2) is 5.69. The van der Waals surface area contributed by atoms with E-state index in [0.29, 0.717) is 11.4 Å². The molecule has 94 valence electrons. The lowest BCUT2D eigenvalue weighted by molar-refractivity contribution is -0.121. The predicted molar refractivity (Wildman–Crippen MR) is 70.6 cm³/mol. The number of amides is 1. The number of imidazole rings is 1. The van der Waals surface area contributed by atoms with E-state index in [1.165, 1.54) is 0 Å². The van der Waals surface area contributed by atoms with Crippen LogP contribution >= 0.6 is 11.6 Å². The van der Waals surface area contributed by atoms with Crippen LogP contribution < -0.4 is 5.32 Å². The molecule has 0 bridgehead atoms. The summed E-state index contributed by atoms with van der Waals surface area (Å²) in [5.74, 6) is 0.778. The van der Waals surface area contributed by atoms with Crippen molar-refractivity contribution in [1.29, 1.82) is 0 Å². The maximum absolute atomic E-state index is 11.4. The Morgan fingerprint density at radius 1 is 1.44 bits per heavy atom. The van der Waals surface area contributed by atoms with E-state index in [1.807, 2.05) is 28.8 Å². The minimum Gasteiger partial charge on any atom is -0.358 e. The Kier molecular flexibility index (Phi) is 3.99.